The Bertz CT molecular complexity index is 2670. The maximum Gasteiger partial charge on any atom is 0.146 e. The van der Waals surface area contributed by atoms with Gasteiger partial charge in [0.2, 0.25) is 0 Å². The topological polar surface area (TPSA) is 49.6 Å². The number of allylic oxidation sites excluding steroid dienone is 3. The highest BCUT2D eigenvalue weighted by molar-refractivity contribution is 6.25. The zero-order valence-electron chi connectivity index (χ0n) is 29.2. The predicted molar refractivity (Wildman–Crippen MR) is 220 cm³/mol. The molecule has 2 atom stereocenters. The summed E-state index contributed by atoms with van der Waals surface area (Å²) in [5.74, 6) is 0.825. The average molecular weight is 684 g/mol. The lowest BCUT2D eigenvalue weighted by molar-refractivity contribution is 0.429. The molecular weight excluding hydrogens is 647 g/mol. The van der Waals surface area contributed by atoms with Gasteiger partial charge < -0.3 is 9.73 Å². The molecule has 10 rings (SSSR count). The van der Waals surface area contributed by atoms with Crippen LogP contribution in [-0.2, 0) is 0 Å². The van der Waals surface area contributed by atoms with Gasteiger partial charge in [0.1, 0.15) is 29.3 Å². The average Bonchev–Trinajstić information content (AvgIpc) is 3.65. The number of benzene rings is 7. The van der Waals surface area contributed by atoms with E-state index in [0.29, 0.717) is 0 Å². The SMILES string of the molecule is C1=CCCC(C2NC(c3cccc4c3oc3c(-c5cc(-c6ccccc6)cc(-c6ccccc6)c5)cc5ccccc5c34)=NC(c3ccccc3)N2)=C1. The van der Waals surface area contributed by atoms with Gasteiger partial charge in [-0.15, -0.1) is 0 Å². The summed E-state index contributed by atoms with van der Waals surface area (Å²) in [5, 5.41) is 12.1. The molecule has 1 aliphatic heterocycles. The molecule has 0 saturated carbocycles. The number of aliphatic imine (C=N–C) groups is 1. The van der Waals surface area contributed by atoms with Crippen molar-refractivity contribution < 1.29 is 4.42 Å². The van der Waals surface area contributed by atoms with E-state index in [9.17, 15) is 0 Å². The first-order valence-electron chi connectivity index (χ1n) is 18.4. The Kier molecular flexibility index (Phi) is 7.81. The summed E-state index contributed by atoms with van der Waals surface area (Å²) in [7, 11) is 0. The van der Waals surface area contributed by atoms with Crippen molar-refractivity contribution in [1.82, 2.24) is 10.6 Å². The van der Waals surface area contributed by atoms with Crippen molar-refractivity contribution in [3.05, 3.63) is 193 Å². The van der Waals surface area contributed by atoms with Crippen LogP contribution in [0.5, 0.6) is 0 Å². The van der Waals surface area contributed by atoms with Crippen LogP contribution >= 0.6 is 0 Å². The minimum absolute atomic E-state index is 0.0641. The molecule has 0 saturated heterocycles. The molecule has 254 valence electrons. The quantitative estimate of drug-likeness (QED) is 0.183. The Balaban J connectivity index is 1.20. The Morgan fingerprint density at radius 1 is 0.566 bits per heavy atom. The number of nitrogens with one attached hydrogen (secondary N) is 2. The summed E-state index contributed by atoms with van der Waals surface area (Å²) in [4.78, 5) is 5.31. The first-order valence-corrected chi connectivity index (χ1v) is 18.4. The summed E-state index contributed by atoms with van der Waals surface area (Å²) >= 11 is 0. The van der Waals surface area contributed by atoms with E-state index in [1.165, 1.54) is 27.5 Å². The summed E-state index contributed by atoms with van der Waals surface area (Å²) in [5.41, 5.74) is 12.0. The van der Waals surface area contributed by atoms with E-state index in [-0.39, 0.29) is 12.3 Å². The van der Waals surface area contributed by atoms with Crippen molar-refractivity contribution in [2.75, 3.05) is 0 Å². The number of hydrogen-bond acceptors (Lipinski definition) is 4. The third-order valence-corrected chi connectivity index (χ3v) is 10.6. The largest absolute Gasteiger partial charge is 0.455 e. The van der Waals surface area contributed by atoms with Crippen LogP contribution in [-0.4, -0.2) is 12.0 Å². The van der Waals surface area contributed by atoms with Crippen LogP contribution in [0.15, 0.2) is 191 Å². The molecule has 0 radical (unpaired) electrons. The van der Waals surface area contributed by atoms with Crippen LogP contribution in [0.2, 0.25) is 0 Å². The highest BCUT2D eigenvalue weighted by Crippen LogP contribution is 2.44. The lowest BCUT2D eigenvalue weighted by Crippen LogP contribution is -2.52. The van der Waals surface area contributed by atoms with Gasteiger partial charge >= 0.3 is 0 Å². The van der Waals surface area contributed by atoms with Gasteiger partial charge in [0.15, 0.2) is 0 Å². The lowest BCUT2D eigenvalue weighted by atomic mass is 9.91. The van der Waals surface area contributed by atoms with Gasteiger partial charge in [0, 0.05) is 16.3 Å². The number of rotatable bonds is 6. The normalized spacial score (nSPS) is 17.1. The Morgan fingerprint density at radius 2 is 1.23 bits per heavy atom. The van der Waals surface area contributed by atoms with Crippen LogP contribution < -0.4 is 10.6 Å². The zero-order chi connectivity index (χ0) is 35.1. The fourth-order valence-electron chi connectivity index (χ4n) is 7.98. The van der Waals surface area contributed by atoms with Crippen LogP contribution in [0.1, 0.15) is 30.1 Å². The number of furan rings is 1. The molecular formula is C49H37N3O. The highest BCUT2D eigenvalue weighted by atomic mass is 16.3. The molecule has 7 aromatic carbocycles. The van der Waals surface area contributed by atoms with Crippen molar-refractivity contribution in [1.29, 1.82) is 0 Å². The van der Waals surface area contributed by atoms with Crippen LogP contribution in [0.25, 0.3) is 66.1 Å². The standard InChI is InChI=1S/C49H37N3O/c1-5-16-32(17-6-1)37-28-38(33-18-7-2-8-19-33)30-39(29-37)43-31-36-24-13-14-25-40(36)44-41-26-15-27-42(45(41)53-46(43)44)49-51-47(34-20-9-3-10-21-34)50-48(52-49)35-22-11-4-12-23-35/h1-11,13-22,24-31,47-48,50H,12,23H2,(H,51,52). The fourth-order valence-corrected chi connectivity index (χ4v) is 7.98. The third-order valence-electron chi connectivity index (χ3n) is 10.6. The van der Waals surface area contributed by atoms with E-state index in [0.717, 1.165) is 74.0 Å². The van der Waals surface area contributed by atoms with Crippen molar-refractivity contribution in [3.8, 4) is 33.4 Å². The van der Waals surface area contributed by atoms with Crippen molar-refractivity contribution >= 4 is 38.5 Å². The summed E-state index contributed by atoms with van der Waals surface area (Å²) in [6, 6.07) is 56.1. The number of nitrogens with zero attached hydrogens (tertiary/aromatic N) is 1. The highest BCUT2D eigenvalue weighted by Gasteiger charge is 2.29. The molecule has 1 aromatic heterocycles. The minimum Gasteiger partial charge on any atom is -0.455 e. The smallest absolute Gasteiger partial charge is 0.146 e. The van der Waals surface area contributed by atoms with Gasteiger partial charge in [-0.2, -0.15) is 0 Å². The molecule has 4 heteroatoms. The maximum absolute atomic E-state index is 7.18. The number of hydrogen-bond donors (Lipinski definition) is 2. The van der Waals surface area contributed by atoms with Crippen LogP contribution in [0.3, 0.4) is 0 Å². The van der Waals surface area contributed by atoms with Gasteiger partial charge in [0.05, 0.1) is 5.56 Å². The zero-order valence-corrected chi connectivity index (χ0v) is 29.2. The molecule has 2 aliphatic rings. The summed E-state index contributed by atoms with van der Waals surface area (Å²) in [6.45, 7) is 0. The minimum atomic E-state index is -0.211. The summed E-state index contributed by atoms with van der Waals surface area (Å²) in [6.07, 6.45) is 8.36. The molecule has 0 fully saturated rings. The predicted octanol–water partition coefficient (Wildman–Crippen LogP) is 12.0. The molecule has 0 amide bonds. The van der Waals surface area contributed by atoms with Gasteiger partial charge in [-0.05, 0) is 92.9 Å². The van der Waals surface area contributed by atoms with Crippen molar-refractivity contribution in [2.24, 2.45) is 4.99 Å². The lowest BCUT2D eigenvalue weighted by Gasteiger charge is -2.33. The molecule has 4 nitrogen and oxygen atoms in total. The van der Waals surface area contributed by atoms with Crippen LogP contribution in [0.4, 0.5) is 0 Å². The van der Waals surface area contributed by atoms with Gasteiger partial charge in [-0.25, -0.2) is 4.99 Å². The molecule has 2 unspecified atom stereocenters. The summed E-state index contributed by atoms with van der Waals surface area (Å²) < 4.78 is 7.18. The van der Waals surface area contributed by atoms with Crippen LogP contribution in [0, 0.1) is 0 Å². The van der Waals surface area contributed by atoms with E-state index in [1.54, 1.807) is 0 Å². The van der Waals surface area contributed by atoms with E-state index < -0.39 is 0 Å². The Hall–Kier alpha value is -6.49. The van der Waals surface area contributed by atoms with Gasteiger partial charge in [0.25, 0.3) is 0 Å². The monoisotopic (exact) mass is 683 g/mol. The van der Waals surface area contributed by atoms with E-state index in [2.05, 4.69) is 187 Å². The Labute approximate surface area is 308 Å². The van der Waals surface area contributed by atoms with Crippen molar-refractivity contribution in [3.63, 3.8) is 0 Å². The van der Waals surface area contributed by atoms with E-state index in [1.807, 2.05) is 0 Å². The molecule has 0 spiro atoms. The molecule has 1 aliphatic carbocycles. The Morgan fingerprint density at radius 3 is 1.94 bits per heavy atom. The molecule has 8 aromatic rings. The molecule has 2 heterocycles. The van der Waals surface area contributed by atoms with Gasteiger partial charge in [-0.1, -0.05) is 146 Å². The molecule has 2 N–H and O–H groups in total. The first kappa shape index (κ1) is 31.3. The molecule has 53 heavy (non-hydrogen) atoms. The molecule has 0 bridgehead atoms. The second-order valence-electron chi connectivity index (χ2n) is 13.9. The number of amidine groups is 1. The fraction of sp³-hybridized carbons (Fsp3) is 0.0816. The van der Waals surface area contributed by atoms with Crippen molar-refractivity contribution in [2.45, 2.75) is 25.2 Å². The number of fused-ring (bicyclic) bond motifs is 5. The second kappa shape index (κ2) is 13.2. The third kappa shape index (κ3) is 5.74. The second-order valence-corrected chi connectivity index (χ2v) is 13.9. The van der Waals surface area contributed by atoms with E-state index in [4.69, 9.17) is 9.41 Å². The van der Waals surface area contributed by atoms with Gasteiger partial charge in [-0.3, -0.25) is 5.32 Å². The maximum atomic E-state index is 7.18. The van der Waals surface area contributed by atoms with E-state index >= 15 is 0 Å². The first-order chi connectivity index (χ1) is 26.3. The number of para-hydroxylation sites is 1.